The first-order valence-corrected chi connectivity index (χ1v) is 9.27. The van der Waals surface area contributed by atoms with E-state index in [0.717, 1.165) is 24.9 Å². The molecule has 0 amide bonds. The van der Waals surface area contributed by atoms with Crippen LogP contribution in [-0.2, 0) is 5.72 Å². The molecule has 0 unspecified atom stereocenters. The zero-order valence-electron chi connectivity index (χ0n) is 15.4. The molecular weight excluding hydrogens is 308 g/mol. The van der Waals surface area contributed by atoms with Gasteiger partial charge in [0.25, 0.3) is 11.6 Å². The summed E-state index contributed by atoms with van der Waals surface area (Å²) < 4.78 is 2.24. The number of nitrogens with zero attached hydrogens (tertiary/aromatic N) is 2. The number of rotatable bonds is 2. The molecule has 25 heavy (non-hydrogen) atoms. The number of anilines is 1. The molecule has 2 aliphatic heterocycles. The third-order valence-electron chi connectivity index (χ3n) is 5.65. The molecule has 1 N–H and O–H groups in total. The van der Waals surface area contributed by atoms with Gasteiger partial charge >= 0.3 is 0 Å². The molecule has 0 saturated heterocycles. The standard InChI is InChI=1S/C22H27N2O/c1-16-8-11-19(12-9-16)22(25)15-23(21-6-4-5-13-24(21)22)20-14-17(2)7-10-18(20)3/h7-12,14,25H,4-6,13,15H2,1-3H3/q+1/t22-/m1/s1. The van der Waals surface area contributed by atoms with Crippen molar-refractivity contribution in [3.63, 3.8) is 0 Å². The van der Waals surface area contributed by atoms with Crippen LogP contribution in [0.1, 0.15) is 41.5 Å². The van der Waals surface area contributed by atoms with Crippen LogP contribution in [0.5, 0.6) is 0 Å². The summed E-state index contributed by atoms with van der Waals surface area (Å²) in [5.74, 6) is 1.27. The zero-order chi connectivity index (χ0) is 17.6. The molecule has 0 spiro atoms. The van der Waals surface area contributed by atoms with Crippen LogP contribution >= 0.6 is 0 Å². The van der Waals surface area contributed by atoms with E-state index in [9.17, 15) is 5.11 Å². The number of aryl methyl sites for hydroxylation is 3. The molecule has 0 saturated carbocycles. The Balaban J connectivity index is 1.83. The molecule has 0 aliphatic carbocycles. The van der Waals surface area contributed by atoms with Gasteiger partial charge in [-0.25, -0.2) is 9.48 Å². The highest BCUT2D eigenvalue weighted by Gasteiger charge is 2.52. The second-order valence-corrected chi connectivity index (χ2v) is 7.58. The van der Waals surface area contributed by atoms with Crippen molar-refractivity contribution in [1.29, 1.82) is 0 Å². The molecule has 0 bridgehead atoms. The Bertz CT molecular complexity index is 838. The van der Waals surface area contributed by atoms with Crippen LogP contribution in [0.2, 0.25) is 0 Å². The molecule has 1 atom stereocenters. The number of aliphatic hydroxyl groups is 1. The quantitative estimate of drug-likeness (QED) is 0.843. The van der Waals surface area contributed by atoms with Crippen molar-refractivity contribution in [3.05, 3.63) is 64.7 Å². The Morgan fingerprint density at radius 3 is 2.44 bits per heavy atom. The van der Waals surface area contributed by atoms with Gasteiger partial charge in [0.15, 0.2) is 6.54 Å². The lowest BCUT2D eigenvalue weighted by Crippen LogP contribution is -2.41. The fourth-order valence-electron chi connectivity index (χ4n) is 4.20. The highest BCUT2D eigenvalue weighted by Crippen LogP contribution is 2.37. The van der Waals surface area contributed by atoms with E-state index >= 15 is 0 Å². The summed E-state index contributed by atoms with van der Waals surface area (Å²) in [5, 5.41) is 11.7. The fourth-order valence-corrected chi connectivity index (χ4v) is 4.20. The summed E-state index contributed by atoms with van der Waals surface area (Å²) in [7, 11) is 0. The average Bonchev–Trinajstić information content (AvgIpc) is 2.92. The molecule has 0 fully saturated rings. The Labute approximate surface area is 150 Å². The van der Waals surface area contributed by atoms with E-state index in [2.05, 4.69) is 72.7 Å². The van der Waals surface area contributed by atoms with Gasteiger partial charge in [-0.1, -0.05) is 42.0 Å². The van der Waals surface area contributed by atoms with E-state index in [1.54, 1.807) is 0 Å². The van der Waals surface area contributed by atoms with Crippen LogP contribution in [0.15, 0.2) is 42.5 Å². The maximum Gasteiger partial charge on any atom is 0.271 e. The van der Waals surface area contributed by atoms with Gasteiger partial charge in [0.1, 0.15) is 5.69 Å². The molecular formula is C22H27N2O+. The van der Waals surface area contributed by atoms with Crippen molar-refractivity contribution in [2.24, 2.45) is 0 Å². The molecule has 4 rings (SSSR count). The summed E-state index contributed by atoms with van der Waals surface area (Å²) in [6.07, 6.45) is 3.36. The van der Waals surface area contributed by atoms with Crippen LogP contribution in [0.3, 0.4) is 0 Å². The predicted molar refractivity (Wildman–Crippen MR) is 102 cm³/mol. The van der Waals surface area contributed by atoms with E-state index in [1.807, 2.05) is 0 Å². The van der Waals surface area contributed by atoms with E-state index in [1.165, 1.54) is 34.6 Å². The van der Waals surface area contributed by atoms with Crippen LogP contribution in [0.25, 0.3) is 0 Å². The average molecular weight is 335 g/mol. The zero-order valence-corrected chi connectivity index (χ0v) is 15.4. The Kier molecular flexibility index (Phi) is 3.92. The first-order chi connectivity index (χ1) is 12.0. The van der Waals surface area contributed by atoms with Crippen molar-refractivity contribution in [1.82, 2.24) is 0 Å². The Hall–Kier alpha value is -2.13. The largest absolute Gasteiger partial charge is 0.346 e. The lowest BCUT2D eigenvalue weighted by molar-refractivity contribution is -0.661. The first-order valence-electron chi connectivity index (χ1n) is 9.27. The van der Waals surface area contributed by atoms with Crippen molar-refractivity contribution in [2.45, 2.75) is 45.8 Å². The summed E-state index contributed by atoms with van der Waals surface area (Å²) in [4.78, 5) is 2.35. The minimum atomic E-state index is -0.945. The van der Waals surface area contributed by atoms with Gasteiger partial charge in [-0.3, -0.25) is 0 Å². The minimum Gasteiger partial charge on any atom is -0.346 e. The summed E-state index contributed by atoms with van der Waals surface area (Å²) in [6.45, 7) is 7.89. The van der Waals surface area contributed by atoms with E-state index < -0.39 is 5.72 Å². The maximum absolute atomic E-state index is 11.7. The SMILES string of the molecule is Cc1ccc([C@]2(O)CN(c3cc(C)ccc3C)C3=[N+]2CCCC3)cc1. The summed E-state index contributed by atoms with van der Waals surface area (Å²) in [5.41, 5.74) is 5.01. The number of hydrogen-bond acceptors (Lipinski definition) is 2. The lowest BCUT2D eigenvalue weighted by atomic mass is 10.00. The van der Waals surface area contributed by atoms with Crippen LogP contribution < -0.4 is 4.90 Å². The van der Waals surface area contributed by atoms with Gasteiger partial charge in [0, 0.05) is 12.0 Å². The Morgan fingerprint density at radius 1 is 0.960 bits per heavy atom. The van der Waals surface area contributed by atoms with Crippen molar-refractivity contribution in [3.8, 4) is 0 Å². The van der Waals surface area contributed by atoms with E-state index in [-0.39, 0.29) is 0 Å². The third-order valence-corrected chi connectivity index (χ3v) is 5.65. The Morgan fingerprint density at radius 2 is 1.68 bits per heavy atom. The molecule has 3 nitrogen and oxygen atoms in total. The van der Waals surface area contributed by atoms with Crippen molar-refractivity contribution < 1.29 is 9.68 Å². The first kappa shape index (κ1) is 16.3. The smallest absolute Gasteiger partial charge is 0.271 e. The summed E-state index contributed by atoms with van der Waals surface area (Å²) in [6, 6.07) is 14.9. The van der Waals surface area contributed by atoms with Gasteiger partial charge in [0.2, 0.25) is 0 Å². The number of benzene rings is 2. The third kappa shape index (κ3) is 2.67. The van der Waals surface area contributed by atoms with Gasteiger partial charge in [0.05, 0.1) is 6.54 Å². The molecule has 2 aliphatic rings. The molecule has 3 heteroatoms. The highest BCUT2D eigenvalue weighted by molar-refractivity contribution is 5.96. The van der Waals surface area contributed by atoms with E-state index in [0.29, 0.717) is 6.54 Å². The van der Waals surface area contributed by atoms with E-state index in [4.69, 9.17) is 0 Å². The second-order valence-electron chi connectivity index (χ2n) is 7.58. The predicted octanol–water partition coefficient (Wildman–Crippen LogP) is 3.87. The van der Waals surface area contributed by atoms with Gasteiger partial charge < -0.3 is 5.11 Å². The van der Waals surface area contributed by atoms with Crippen LogP contribution in [0.4, 0.5) is 5.69 Å². The summed E-state index contributed by atoms with van der Waals surface area (Å²) >= 11 is 0. The molecule has 2 heterocycles. The van der Waals surface area contributed by atoms with Gasteiger partial charge in [-0.15, -0.1) is 0 Å². The number of hydrogen-bond donors (Lipinski definition) is 1. The number of β-amino-alcohol motifs (C(OH)–C–C–N with tert-alkyl or cyclic N) is 1. The number of amidine groups is 1. The van der Waals surface area contributed by atoms with Crippen LogP contribution in [0, 0.1) is 20.8 Å². The lowest BCUT2D eigenvalue weighted by Gasteiger charge is -2.24. The highest BCUT2D eigenvalue weighted by atomic mass is 16.3. The second kappa shape index (κ2) is 5.99. The molecule has 0 radical (unpaired) electrons. The van der Waals surface area contributed by atoms with Gasteiger partial charge in [-0.2, -0.15) is 0 Å². The molecule has 2 aromatic carbocycles. The molecule has 130 valence electrons. The molecule has 2 aromatic rings. The molecule has 0 aromatic heterocycles. The normalized spacial score (nSPS) is 23.1. The van der Waals surface area contributed by atoms with Gasteiger partial charge in [-0.05, 0) is 50.8 Å². The minimum absolute atomic E-state index is 0.593. The maximum atomic E-state index is 11.7. The fraction of sp³-hybridized carbons (Fsp3) is 0.409. The topological polar surface area (TPSA) is 26.5 Å². The van der Waals surface area contributed by atoms with Crippen molar-refractivity contribution in [2.75, 3.05) is 18.0 Å². The van der Waals surface area contributed by atoms with Crippen LogP contribution in [-0.4, -0.2) is 28.6 Å². The van der Waals surface area contributed by atoms with Crippen molar-refractivity contribution >= 4 is 11.5 Å². The monoisotopic (exact) mass is 335 g/mol.